The summed E-state index contributed by atoms with van der Waals surface area (Å²) in [6.45, 7) is 0. The van der Waals surface area contributed by atoms with E-state index in [0.29, 0.717) is 24.7 Å². The molecule has 92 valence electrons. The fourth-order valence-corrected chi connectivity index (χ4v) is 4.01. The van der Waals surface area contributed by atoms with E-state index in [0.717, 1.165) is 6.42 Å². The van der Waals surface area contributed by atoms with Crippen molar-refractivity contribution >= 4 is 11.9 Å². The molecule has 0 radical (unpaired) electrons. The highest BCUT2D eigenvalue weighted by molar-refractivity contribution is 5.81. The van der Waals surface area contributed by atoms with Gasteiger partial charge in [0.25, 0.3) is 0 Å². The second kappa shape index (κ2) is 3.59. The molecule has 0 aromatic heterocycles. The standard InChI is InChI=1S/C13H16O4/c14-12(15)10-4-8-6-1-2-7(3-6)9(8)5-11(10)13(16)17/h6-7,10-11H,1-5H2,(H,14,15)(H,16,17). The third-order valence-corrected chi connectivity index (χ3v) is 4.83. The number of allylic oxidation sites excluding steroid dienone is 2. The highest BCUT2D eigenvalue weighted by Gasteiger charge is 2.47. The van der Waals surface area contributed by atoms with Crippen LogP contribution >= 0.6 is 0 Å². The number of aliphatic carboxylic acids is 2. The Morgan fingerprint density at radius 3 is 1.65 bits per heavy atom. The van der Waals surface area contributed by atoms with E-state index < -0.39 is 23.8 Å². The number of carboxylic acids is 2. The minimum atomic E-state index is -0.952. The molecule has 3 aliphatic carbocycles. The Labute approximate surface area is 99.3 Å². The van der Waals surface area contributed by atoms with Crippen LogP contribution in [0.2, 0.25) is 0 Å². The lowest BCUT2D eigenvalue weighted by Gasteiger charge is -2.32. The fraction of sp³-hybridized carbons (Fsp3) is 0.692. The number of hydrogen-bond donors (Lipinski definition) is 2. The first-order valence-electron chi connectivity index (χ1n) is 6.25. The molecular formula is C13H16O4. The van der Waals surface area contributed by atoms with Gasteiger partial charge in [-0.15, -0.1) is 0 Å². The van der Waals surface area contributed by atoms with Gasteiger partial charge in [-0.3, -0.25) is 9.59 Å². The smallest absolute Gasteiger partial charge is 0.307 e. The van der Waals surface area contributed by atoms with Crippen molar-refractivity contribution in [1.29, 1.82) is 0 Å². The zero-order valence-corrected chi connectivity index (χ0v) is 9.56. The molecule has 2 N–H and O–H groups in total. The molecule has 0 saturated heterocycles. The molecule has 0 spiro atoms. The summed E-state index contributed by atoms with van der Waals surface area (Å²) in [6.07, 6.45) is 4.44. The summed E-state index contributed by atoms with van der Waals surface area (Å²) in [6, 6.07) is 0. The summed E-state index contributed by atoms with van der Waals surface area (Å²) < 4.78 is 0. The molecule has 4 heteroatoms. The van der Waals surface area contributed by atoms with Crippen molar-refractivity contribution in [1.82, 2.24) is 0 Å². The van der Waals surface area contributed by atoms with Crippen molar-refractivity contribution in [3.8, 4) is 0 Å². The molecule has 0 aromatic rings. The van der Waals surface area contributed by atoms with E-state index in [2.05, 4.69) is 0 Å². The van der Waals surface area contributed by atoms with Crippen LogP contribution in [0.4, 0.5) is 0 Å². The van der Waals surface area contributed by atoms with Crippen LogP contribution in [-0.2, 0) is 9.59 Å². The second-order valence-corrected chi connectivity index (χ2v) is 5.56. The maximum absolute atomic E-state index is 11.2. The Morgan fingerprint density at radius 2 is 1.29 bits per heavy atom. The molecule has 1 saturated carbocycles. The van der Waals surface area contributed by atoms with Crippen molar-refractivity contribution in [2.75, 3.05) is 0 Å². The van der Waals surface area contributed by atoms with E-state index >= 15 is 0 Å². The fourth-order valence-electron chi connectivity index (χ4n) is 4.01. The van der Waals surface area contributed by atoms with Crippen LogP contribution in [0.5, 0.6) is 0 Å². The first-order chi connectivity index (χ1) is 8.08. The molecule has 2 bridgehead atoms. The molecule has 3 aliphatic rings. The Bertz CT molecular complexity index is 385. The predicted octanol–water partition coefficient (Wildman–Crippen LogP) is 1.91. The molecule has 3 rings (SSSR count). The van der Waals surface area contributed by atoms with Crippen molar-refractivity contribution in [2.45, 2.75) is 32.1 Å². The van der Waals surface area contributed by atoms with Gasteiger partial charge in [0.1, 0.15) is 0 Å². The van der Waals surface area contributed by atoms with Gasteiger partial charge in [-0.05, 0) is 43.9 Å². The number of rotatable bonds is 2. The topological polar surface area (TPSA) is 74.6 Å². The van der Waals surface area contributed by atoms with Crippen LogP contribution in [0.3, 0.4) is 0 Å². The second-order valence-electron chi connectivity index (χ2n) is 5.56. The first kappa shape index (κ1) is 10.8. The summed E-state index contributed by atoms with van der Waals surface area (Å²) in [7, 11) is 0. The normalized spacial score (nSPS) is 39.3. The zero-order valence-electron chi connectivity index (χ0n) is 9.56. The average Bonchev–Trinajstić information content (AvgIpc) is 2.87. The van der Waals surface area contributed by atoms with Crippen molar-refractivity contribution < 1.29 is 19.8 Å². The van der Waals surface area contributed by atoms with Gasteiger partial charge >= 0.3 is 11.9 Å². The zero-order chi connectivity index (χ0) is 12.2. The highest BCUT2D eigenvalue weighted by Crippen LogP contribution is 2.55. The van der Waals surface area contributed by atoms with Gasteiger partial charge in [-0.25, -0.2) is 0 Å². The number of hydrogen-bond acceptors (Lipinski definition) is 2. The maximum Gasteiger partial charge on any atom is 0.307 e. The average molecular weight is 236 g/mol. The van der Waals surface area contributed by atoms with Crippen LogP contribution in [0.15, 0.2) is 11.1 Å². The van der Waals surface area contributed by atoms with Gasteiger partial charge in [-0.2, -0.15) is 0 Å². The van der Waals surface area contributed by atoms with Crippen LogP contribution < -0.4 is 0 Å². The third kappa shape index (κ3) is 1.50. The van der Waals surface area contributed by atoms with Gasteiger partial charge in [0.05, 0.1) is 11.8 Å². The predicted molar refractivity (Wildman–Crippen MR) is 59.3 cm³/mol. The maximum atomic E-state index is 11.2. The van der Waals surface area contributed by atoms with E-state index in [1.165, 1.54) is 24.0 Å². The van der Waals surface area contributed by atoms with Gasteiger partial charge < -0.3 is 10.2 Å². The summed E-state index contributed by atoms with van der Waals surface area (Å²) in [4.78, 5) is 22.4. The number of carbonyl (C=O) groups is 2. The summed E-state index contributed by atoms with van der Waals surface area (Å²) in [5.41, 5.74) is 2.59. The Hall–Kier alpha value is -1.32. The molecule has 1 fully saturated rings. The summed E-state index contributed by atoms with van der Waals surface area (Å²) in [5, 5.41) is 18.3. The first-order valence-corrected chi connectivity index (χ1v) is 6.25. The van der Waals surface area contributed by atoms with Gasteiger partial charge in [0, 0.05) is 0 Å². The van der Waals surface area contributed by atoms with E-state index in [1.807, 2.05) is 0 Å². The van der Waals surface area contributed by atoms with Crippen LogP contribution in [0.25, 0.3) is 0 Å². The minimum absolute atomic E-state index is 0.475. The molecule has 0 aliphatic heterocycles. The molecular weight excluding hydrogens is 220 g/mol. The van der Waals surface area contributed by atoms with Crippen LogP contribution in [0, 0.1) is 23.7 Å². The molecule has 17 heavy (non-hydrogen) atoms. The number of carboxylic acid groups (broad SMARTS) is 2. The minimum Gasteiger partial charge on any atom is -0.481 e. The van der Waals surface area contributed by atoms with E-state index in [4.69, 9.17) is 10.2 Å². The molecule has 0 heterocycles. The lowest BCUT2D eigenvalue weighted by Crippen LogP contribution is -2.34. The van der Waals surface area contributed by atoms with Crippen molar-refractivity contribution in [3.05, 3.63) is 11.1 Å². The lowest BCUT2D eigenvalue weighted by molar-refractivity contribution is -0.154. The molecule has 4 unspecified atom stereocenters. The van der Waals surface area contributed by atoms with E-state index in [-0.39, 0.29) is 0 Å². The molecule has 0 amide bonds. The van der Waals surface area contributed by atoms with Gasteiger partial charge in [-0.1, -0.05) is 11.1 Å². The molecule has 4 atom stereocenters. The van der Waals surface area contributed by atoms with Crippen molar-refractivity contribution in [3.63, 3.8) is 0 Å². The third-order valence-electron chi connectivity index (χ3n) is 4.83. The van der Waals surface area contributed by atoms with Crippen molar-refractivity contribution in [2.24, 2.45) is 23.7 Å². The number of fused-ring (bicyclic) bond motifs is 4. The molecule has 0 aromatic carbocycles. The van der Waals surface area contributed by atoms with E-state index in [1.54, 1.807) is 0 Å². The lowest BCUT2D eigenvalue weighted by atomic mass is 9.71. The largest absolute Gasteiger partial charge is 0.481 e. The Morgan fingerprint density at radius 1 is 0.882 bits per heavy atom. The monoisotopic (exact) mass is 236 g/mol. The summed E-state index contributed by atoms with van der Waals surface area (Å²) in [5.74, 6) is -2.21. The quantitative estimate of drug-likeness (QED) is 0.718. The van der Waals surface area contributed by atoms with Gasteiger partial charge in [0.2, 0.25) is 0 Å². The Kier molecular flexibility index (Phi) is 2.28. The van der Waals surface area contributed by atoms with E-state index in [9.17, 15) is 9.59 Å². The van der Waals surface area contributed by atoms with Crippen LogP contribution in [0.1, 0.15) is 32.1 Å². The summed E-state index contributed by atoms with van der Waals surface area (Å²) >= 11 is 0. The van der Waals surface area contributed by atoms with Gasteiger partial charge in [0.15, 0.2) is 0 Å². The SMILES string of the molecule is O=C(O)C1CC2=C(CC1C(=O)O)C1CCC2C1. The molecule has 4 nitrogen and oxygen atoms in total. The Balaban J connectivity index is 1.93. The highest BCUT2D eigenvalue weighted by atomic mass is 16.4. The van der Waals surface area contributed by atoms with Crippen LogP contribution in [-0.4, -0.2) is 22.2 Å².